The van der Waals surface area contributed by atoms with Gasteiger partial charge in [0.25, 0.3) is 0 Å². The van der Waals surface area contributed by atoms with Crippen LogP contribution in [0.5, 0.6) is 0 Å². The van der Waals surface area contributed by atoms with Gasteiger partial charge < -0.3 is 10.5 Å². The van der Waals surface area contributed by atoms with E-state index in [0.29, 0.717) is 18.7 Å². The lowest BCUT2D eigenvalue weighted by Crippen LogP contribution is -2.41. The van der Waals surface area contributed by atoms with Crippen molar-refractivity contribution in [1.29, 1.82) is 0 Å². The second kappa shape index (κ2) is 6.87. The summed E-state index contributed by atoms with van der Waals surface area (Å²) in [5.74, 6) is 0. The van der Waals surface area contributed by atoms with Crippen molar-refractivity contribution in [3.8, 4) is 0 Å². The third-order valence-corrected chi connectivity index (χ3v) is 4.80. The third kappa shape index (κ3) is 3.45. The maximum absolute atomic E-state index is 6.00. The minimum absolute atomic E-state index is 0.310. The molecule has 5 heteroatoms. The highest BCUT2D eigenvalue weighted by Gasteiger charge is 2.26. The van der Waals surface area contributed by atoms with Gasteiger partial charge in [0.15, 0.2) is 0 Å². The predicted molar refractivity (Wildman–Crippen MR) is 77.3 cm³/mol. The van der Waals surface area contributed by atoms with E-state index < -0.39 is 0 Å². The standard InChI is InChI=1S/C13H21ClN2OS/c1-2-17-10-5-7-16(8-6-10)11(9-15)12-3-4-13(14)18-12/h3-4,10-11H,2,5-9,15H2,1H3. The summed E-state index contributed by atoms with van der Waals surface area (Å²) < 4.78 is 6.52. The second-order valence-corrected chi connectivity index (χ2v) is 6.33. The van der Waals surface area contributed by atoms with E-state index in [1.807, 2.05) is 6.07 Å². The second-order valence-electron chi connectivity index (χ2n) is 4.58. The Hall–Kier alpha value is -0.130. The minimum atomic E-state index is 0.310. The van der Waals surface area contributed by atoms with Crippen LogP contribution in [0.25, 0.3) is 0 Å². The number of ether oxygens (including phenoxy) is 1. The summed E-state index contributed by atoms with van der Waals surface area (Å²) in [6, 6.07) is 4.36. The summed E-state index contributed by atoms with van der Waals surface area (Å²) in [5, 5.41) is 0. The van der Waals surface area contributed by atoms with Crippen LogP contribution in [0, 0.1) is 0 Å². The lowest BCUT2D eigenvalue weighted by Gasteiger charge is -2.36. The summed E-state index contributed by atoms with van der Waals surface area (Å²) in [5.41, 5.74) is 5.93. The smallest absolute Gasteiger partial charge is 0.0931 e. The Morgan fingerprint density at radius 3 is 2.72 bits per heavy atom. The molecule has 0 amide bonds. The van der Waals surface area contributed by atoms with E-state index in [4.69, 9.17) is 22.1 Å². The van der Waals surface area contributed by atoms with Gasteiger partial charge in [-0.25, -0.2) is 0 Å². The highest BCUT2D eigenvalue weighted by molar-refractivity contribution is 7.16. The van der Waals surface area contributed by atoms with Crippen molar-refractivity contribution in [2.24, 2.45) is 5.73 Å². The Bertz CT molecular complexity index is 364. The van der Waals surface area contributed by atoms with Crippen molar-refractivity contribution >= 4 is 22.9 Å². The molecule has 1 aromatic heterocycles. The molecule has 0 radical (unpaired) electrons. The number of hydrogen-bond acceptors (Lipinski definition) is 4. The van der Waals surface area contributed by atoms with Gasteiger partial charge in [0.2, 0.25) is 0 Å². The molecule has 0 aromatic carbocycles. The third-order valence-electron chi connectivity index (χ3n) is 3.47. The molecule has 2 N–H and O–H groups in total. The van der Waals surface area contributed by atoms with Crippen LogP contribution in [0.4, 0.5) is 0 Å². The van der Waals surface area contributed by atoms with Gasteiger partial charge in [0.05, 0.1) is 16.5 Å². The molecule has 1 aliphatic heterocycles. The first-order valence-electron chi connectivity index (χ1n) is 6.55. The van der Waals surface area contributed by atoms with Crippen molar-refractivity contribution in [1.82, 2.24) is 4.90 Å². The maximum Gasteiger partial charge on any atom is 0.0931 e. The maximum atomic E-state index is 6.00. The Balaban J connectivity index is 1.94. The molecule has 0 aliphatic carbocycles. The number of rotatable bonds is 5. The fourth-order valence-electron chi connectivity index (χ4n) is 2.54. The Labute approximate surface area is 118 Å². The summed E-state index contributed by atoms with van der Waals surface area (Å²) >= 11 is 7.64. The van der Waals surface area contributed by atoms with Crippen molar-refractivity contribution in [3.05, 3.63) is 21.3 Å². The molecular weight excluding hydrogens is 268 g/mol. The summed E-state index contributed by atoms with van der Waals surface area (Å²) in [7, 11) is 0. The van der Waals surface area contributed by atoms with Gasteiger partial charge in [-0.3, -0.25) is 4.90 Å². The molecule has 2 rings (SSSR count). The number of hydrogen-bond donors (Lipinski definition) is 1. The molecule has 0 saturated carbocycles. The van der Waals surface area contributed by atoms with Gasteiger partial charge in [-0.15, -0.1) is 11.3 Å². The minimum Gasteiger partial charge on any atom is -0.378 e. The molecule has 18 heavy (non-hydrogen) atoms. The topological polar surface area (TPSA) is 38.5 Å². The average Bonchev–Trinajstić information content (AvgIpc) is 2.79. The number of nitrogens with two attached hydrogens (primary N) is 1. The zero-order chi connectivity index (χ0) is 13.0. The molecule has 0 bridgehead atoms. The summed E-state index contributed by atoms with van der Waals surface area (Å²) in [6.07, 6.45) is 2.63. The van der Waals surface area contributed by atoms with Crippen LogP contribution in [0.2, 0.25) is 4.34 Å². The largest absolute Gasteiger partial charge is 0.378 e. The molecule has 2 heterocycles. The zero-order valence-electron chi connectivity index (χ0n) is 10.8. The lowest BCUT2D eigenvalue weighted by atomic mass is 10.0. The lowest BCUT2D eigenvalue weighted by molar-refractivity contribution is 0.00488. The van der Waals surface area contributed by atoms with E-state index in [2.05, 4.69) is 17.9 Å². The van der Waals surface area contributed by atoms with Crippen LogP contribution in [-0.4, -0.2) is 37.2 Å². The quantitative estimate of drug-likeness (QED) is 0.905. The number of nitrogens with zero attached hydrogens (tertiary/aromatic N) is 1. The first-order valence-corrected chi connectivity index (χ1v) is 7.75. The molecule has 1 atom stereocenters. The van der Waals surface area contributed by atoms with Crippen molar-refractivity contribution in [2.75, 3.05) is 26.2 Å². The fourth-order valence-corrected chi connectivity index (χ4v) is 3.75. The SMILES string of the molecule is CCOC1CCN(C(CN)c2ccc(Cl)s2)CC1. The molecule has 102 valence electrons. The number of likely N-dealkylation sites (tertiary alicyclic amines) is 1. The van der Waals surface area contributed by atoms with Crippen molar-refractivity contribution in [3.63, 3.8) is 0 Å². The number of halogens is 1. The molecular formula is C13H21ClN2OS. The predicted octanol–water partition coefficient (Wildman–Crippen LogP) is 2.90. The van der Waals surface area contributed by atoms with Crippen LogP contribution in [0.15, 0.2) is 12.1 Å². The van der Waals surface area contributed by atoms with E-state index in [1.165, 1.54) is 4.88 Å². The molecule has 0 spiro atoms. The molecule has 1 unspecified atom stereocenters. The monoisotopic (exact) mass is 288 g/mol. The van der Waals surface area contributed by atoms with Gasteiger partial charge in [-0.2, -0.15) is 0 Å². The van der Waals surface area contributed by atoms with E-state index in [1.54, 1.807) is 11.3 Å². The van der Waals surface area contributed by atoms with Gasteiger partial charge in [0, 0.05) is 31.1 Å². The highest BCUT2D eigenvalue weighted by atomic mass is 35.5. The van der Waals surface area contributed by atoms with Gasteiger partial charge in [-0.05, 0) is 31.9 Å². The first kappa shape index (κ1) is 14.3. The van der Waals surface area contributed by atoms with Gasteiger partial charge >= 0.3 is 0 Å². The highest BCUT2D eigenvalue weighted by Crippen LogP contribution is 2.31. The van der Waals surface area contributed by atoms with Crippen LogP contribution in [-0.2, 0) is 4.74 Å². The van der Waals surface area contributed by atoms with Crippen molar-refractivity contribution in [2.45, 2.75) is 31.9 Å². The summed E-state index contributed by atoms with van der Waals surface area (Å²) in [6.45, 7) is 5.63. The van der Waals surface area contributed by atoms with Crippen LogP contribution in [0.3, 0.4) is 0 Å². The van der Waals surface area contributed by atoms with Crippen LogP contribution < -0.4 is 5.73 Å². The van der Waals surface area contributed by atoms with E-state index in [0.717, 1.165) is 36.9 Å². The molecule has 3 nitrogen and oxygen atoms in total. The zero-order valence-corrected chi connectivity index (χ0v) is 12.3. The molecule has 1 aliphatic rings. The molecule has 1 saturated heterocycles. The Morgan fingerprint density at radius 2 is 2.22 bits per heavy atom. The van der Waals surface area contributed by atoms with Gasteiger partial charge in [0.1, 0.15) is 0 Å². The average molecular weight is 289 g/mol. The van der Waals surface area contributed by atoms with E-state index in [-0.39, 0.29) is 0 Å². The van der Waals surface area contributed by atoms with Crippen molar-refractivity contribution < 1.29 is 4.74 Å². The number of piperidine rings is 1. The van der Waals surface area contributed by atoms with Crippen LogP contribution >= 0.6 is 22.9 Å². The van der Waals surface area contributed by atoms with Gasteiger partial charge in [-0.1, -0.05) is 11.6 Å². The van der Waals surface area contributed by atoms with E-state index >= 15 is 0 Å². The van der Waals surface area contributed by atoms with E-state index in [9.17, 15) is 0 Å². The van der Waals surface area contributed by atoms with Crippen LogP contribution in [0.1, 0.15) is 30.7 Å². The molecule has 1 fully saturated rings. The normalized spacial score (nSPS) is 20.2. The summed E-state index contributed by atoms with van der Waals surface area (Å²) in [4.78, 5) is 3.73. The Kier molecular flexibility index (Phi) is 5.45. The molecule has 1 aromatic rings. The first-order chi connectivity index (χ1) is 8.74. The fraction of sp³-hybridized carbons (Fsp3) is 0.692. The number of thiophene rings is 1. The Morgan fingerprint density at radius 1 is 1.50 bits per heavy atom.